The number of nitrogens with one attached hydrogen (secondary N) is 1. The summed E-state index contributed by atoms with van der Waals surface area (Å²) < 4.78 is 2.40. The van der Waals surface area contributed by atoms with Gasteiger partial charge in [0.05, 0.1) is 12.2 Å². The summed E-state index contributed by atoms with van der Waals surface area (Å²) in [4.78, 5) is 17.5. The van der Waals surface area contributed by atoms with Crippen LogP contribution in [0.25, 0.3) is 10.9 Å². The van der Waals surface area contributed by atoms with Crippen LogP contribution in [0.1, 0.15) is 91.3 Å². The van der Waals surface area contributed by atoms with E-state index in [1.165, 1.54) is 42.3 Å². The molecule has 0 aliphatic heterocycles. The smallest absolute Gasteiger partial charge is 0.251 e. The number of carbonyl (C=O) groups excluding carboxylic acids is 1. The van der Waals surface area contributed by atoms with Crippen LogP contribution in [0.4, 0.5) is 0 Å². The number of pyridine rings is 1. The van der Waals surface area contributed by atoms with Crippen LogP contribution < -0.4 is 5.32 Å². The summed E-state index contributed by atoms with van der Waals surface area (Å²) in [5.74, 6) is 0.805. The van der Waals surface area contributed by atoms with Crippen molar-refractivity contribution in [1.82, 2.24) is 14.9 Å². The molecule has 2 N–H and O–H groups in total. The molecule has 2 heterocycles. The molecule has 1 aliphatic rings. The van der Waals surface area contributed by atoms with Gasteiger partial charge in [0.15, 0.2) is 0 Å². The van der Waals surface area contributed by atoms with Gasteiger partial charge in [0.1, 0.15) is 5.75 Å². The highest BCUT2D eigenvalue weighted by Gasteiger charge is 2.23. The Hall–Kier alpha value is -3.60. The first kappa shape index (κ1) is 26.0. The van der Waals surface area contributed by atoms with E-state index < -0.39 is 0 Å². The Morgan fingerprint density at radius 2 is 1.84 bits per heavy atom. The average Bonchev–Trinajstić information content (AvgIpc) is 3.10. The van der Waals surface area contributed by atoms with E-state index in [4.69, 9.17) is 0 Å². The van der Waals surface area contributed by atoms with E-state index in [1.807, 2.05) is 19.2 Å². The SMILES string of the molecule is Cc1c(Cc2cncc(O)c2)c2ccc(C(=O)N[C@@H](C)c3ccc(C(C)(C)C)cc3)cc2n1CC1CCC1. The molecule has 5 rings (SSSR count). The standard InChI is InChI=1S/C33H39N3O2/c1-21(25-9-12-27(13-10-25)33(3,4)5)35-32(38)26-11-14-29-30(16-24-15-28(37)19-34-18-24)22(2)36(31(29)17-26)20-23-7-6-8-23/h9-15,17-19,21,23,37H,6-8,16,20H2,1-5H3,(H,35,38)/t21-/m0/s1. The van der Waals surface area contributed by atoms with Gasteiger partial charge in [0.2, 0.25) is 0 Å². The molecular weight excluding hydrogens is 470 g/mol. The lowest BCUT2D eigenvalue weighted by Gasteiger charge is -2.27. The molecule has 1 aliphatic carbocycles. The van der Waals surface area contributed by atoms with Gasteiger partial charge < -0.3 is 15.0 Å². The Kier molecular flexibility index (Phi) is 7.04. The zero-order valence-electron chi connectivity index (χ0n) is 23.2. The van der Waals surface area contributed by atoms with E-state index in [9.17, 15) is 9.90 Å². The van der Waals surface area contributed by atoms with E-state index >= 15 is 0 Å². The molecule has 1 atom stereocenters. The number of aromatic nitrogens is 2. The lowest BCUT2D eigenvalue weighted by molar-refractivity contribution is 0.0940. The lowest BCUT2D eigenvalue weighted by atomic mass is 9.85. The van der Waals surface area contributed by atoms with Crippen LogP contribution in [0.15, 0.2) is 60.9 Å². The zero-order valence-corrected chi connectivity index (χ0v) is 23.2. The van der Waals surface area contributed by atoms with Gasteiger partial charge in [-0.15, -0.1) is 0 Å². The summed E-state index contributed by atoms with van der Waals surface area (Å²) in [6, 6.07) is 16.3. The fourth-order valence-corrected chi connectivity index (χ4v) is 5.49. The van der Waals surface area contributed by atoms with Crippen LogP contribution in [0.3, 0.4) is 0 Å². The van der Waals surface area contributed by atoms with Crippen molar-refractivity contribution in [1.29, 1.82) is 0 Å². The van der Waals surface area contributed by atoms with Crippen molar-refractivity contribution in [2.45, 2.75) is 78.3 Å². The molecule has 2 aromatic carbocycles. The summed E-state index contributed by atoms with van der Waals surface area (Å²) in [7, 11) is 0. The third-order valence-corrected chi connectivity index (χ3v) is 8.17. The van der Waals surface area contributed by atoms with Crippen molar-refractivity contribution in [2.75, 3.05) is 0 Å². The molecule has 0 radical (unpaired) electrons. The molecular formula is C33H39N3O2. The number of aromatic hydroxyl groups is 1. The fourth-order valence-electron chi connectivity index (χ4n) is 5.49. The third-order valence-electron chi connectivity index (χ3n) is 8.17. The van der Waals surface area contributed by atoms with Crippen molar-refractivity contribution in [3.63, 3.8) is 0 Å². The van der Waals surface area contributed by atoms with Crippen molar-refractivity contribution < 1.29 is 9.90 Å². The number of amides is 1. The van der Waals surface area contributed by atoms with Gasteiger partial charge in [0, 0.05) is 41.3 Å². The van der Waals surface area contributed by atoms with E-state index in [1.54, 1.807) is 6.07 Å². The second kappa shape index (κ2) is 10.3. The third kappa shape index (κ3) is 5.33. The summed E-state index contributed by atoms with van der Waals surface area (Å²) in [6.45, 7) is 11.8. The first-order valence-corrected chi connectivity index (χ1v) is 13.8. The molecule has 1 amide bonds. The van der Waals surface area contributed by atoms with Gasteiger partial charge in [-0.3, -0.25) is 9.78 Å². The summed E-state index contributed by atoms with van der Waals surface area (Å²) >= 11 is 0. The largest absolute Gasteiger partial charge is 0.506 e. The van der Waals surface area contributed by atoms with E-state index in [2.05, 4.69) is 79.0 Å². The quantitative estimate of drug-likeness (QED) is 0.276. The molecule has 0 bridgehead atoms. The van der Waals surface area contributed by atoms with Gasteiger partial charge in [-0.05, 0) is 78.5 Å². The predicted molar refractivity (Wildman–Crippen MR) is 154 cm³/mol. The maximum absolute atomic E-state index is 13.4. The Labute approximate surface area is 225 Å². The molecule has 2 aromatic heterocycles. The number of nitrogens with zero attached hydrogens (tertiary/aromatic N) is 2. The number of benzene rings is 2. The van der Waals surface area contributed by atoms with Crippen LogP contribution in [0.5, 0.6) is 5.75 Å². The van der Waals surface area contributed by atoms with E-state index in [0.29, 0.717) is 17.9 Å². The monoisotopic (exact) mass is 509 g/mol. The lowest BCUT2D eigenvalue weighted by Crippen LogP contribution is -2.26. The van der Waals surface area contributed by atoms with Gasteiger partial charge in [-0.1, -0.05) is 57.5 Å². The fraction of sp³-hybridized carbons (Fsp3) is 0.394. The number of rotatable bonds is 7. The van der Waals surface area contributed by atoms with Gasteiger partial charge >= 0.3 is 0 Å². The summed E-state index contributed by atoms with van der Waals surface area (Å²) in [5.41, 5.74) is 7.68. The summed E-state index contributed by atoms with van der Waals surface area (Å²) in [6.07, 6.45) is 7.78. The van der Waals surface area contributed by atoms with Crippen molar-refractivity contribution in [2.24, 2.45) is 5.92 Å². The Morgan fingerprint density at radius 1 is 1.11 bits per heavy atom. The van der Waals surface area contributed by atoms with Crippen LogP contribution in [0, 0.1) is 12.8 Å². The second-order valence-corrected chi connectivity index (χ2v) is 12.0. The van der Waals surface area contributed by atoms with Crippen LogP contribution in [-0.4, -0.2) is 20.6 Å². The van der Waals surface area contributed by atoms with Crippen LogP contribution in [-0.2, 0) is 18.4 Å². The Bertz CT molecular complexity index is 1460. The molecule has 5 nitrogen and oxygen atoms in total. The van der Waals surface area contributed by atoms with Gasteiger partial charge in [-0.25, -0.2) is 0 Å². The first-order chi connectivity index (χ1) is 18.1. The second-order valence-electron chi connectivity index (χ2n) is 12.0. The number of hydrogen-bond acceptors (Lipinski definition) is 3. The first-order valence-electron chi connectivity index (χ1n) is 13.8. The van der Waals surface area contributed by atoms with Crippen molar-refractivity contribution >= 4 is 16.8 Å². The Morgan fingerprint density at radius 3 is 2.47 bits per heavy atom. The predicted octanol–water partition coefficient (Wildman–Crippen LogP) is 7.23. The van der Waals surface area contributed by atoms with E-state index in [0.717, 1.165) is 28.6 Å². The summed E-state index contributed by atoms with van der Waals surface area (Å²) in [5, 5.41) is 14.3. The topological polar surface area (TPSA) is 67.2 Å². The van der Waals surface area contributed by atoms with Gasteiger partial charge in [-0.2, -0.15) is 0 Å². The number of carbonyl (C=O) groups is 1. The minimum atomic E-state index is -0.0930. The molecule has 0 unspecified atom stereocenters. The van der Waals surface area contributed by atoms with Crippen molar-refractivity contribution in [3.05, 3.63) is 94.4 Å². The maximum atomic E-state index is 13.4. The molecule has 1 fully saturated rings. The number of fused-ring (bicyclic) bond motifs is 1. The van der Waals surface area contributed by atoms with E-state index in [-0.39, 0.29) is 23.1 Å². The molecule has 4 aromatic rings. The normalized spacial score (nSPS) is 14.9. The highest BCUT2D eigenvalue weighted by atomic mass is 16.3. The molecule has 1 saturated carbocycles. The van der Waals surface area contributed by atoms with Crippen LogP contribution >= 0.6 is 0 Å². The molecule has 0 spiro atoms. The maximum Gasteiger partial charge on any atom is 0.251 e. The molecule has 38 heavy (non-hydrogen) atoms. The molecule has 198 valence electrons. The average molecular weight is 510 g/mol. The highest BCUT2D eigenvalue weighted by Crippen LogP contribution is 2.34. The zero-order chi connectivity index (χ0) is 27.0. The highest BCUT2D eigenvalue weighted by molar-refractivity contribution is 5.99. The van der Waals surface area contributed by atoms with Crippen LogP contribution in [0.2, 0.25) is 0 Å². The Balaban J connectivity index is 1.43. The minimum absolute atomic E-state index is 0.0629. The molecule has 5 heteroatoms. The van der Waals surface area contributed by atoms with Gasteiger partial charge in [0.25, 0.3) is 5.91 Å². The minimum Gasteiger partial charge on any atom is -0.506 e. The number of hydrogen-bond donors (Lipinski definition) is 2. The van der Waals surface area contributed by atoms with Crippen molar-refractivity contribution in [3.8, 4) is 5.75 Å². The molecule has 0 saturated heterocycles.